The first-order valence-electron chi connectivity index (χ1n) is 5.29. The number of aromatic amines is 2. The number of halogens is 1. The average molecular weight is 283 g/mol. The van der Waals surface area contributed by atoms with E-state index in [1.165, 1.54) is 0 Å². The molecule has 2 aromatic rings. The lowest BCUT2D eigenvalue weighted by molar-refractivity contribution is 0.195. The fourth-order valence-electron chi connectivity index (χ4n) is 1.73. The largest absolute Gasteiger partial charge is 0.387 e. The zero-order valence-electron chi connectivity index (χ0n) is 9.29. The lowest BCUT2D eigenvalue weighted by atomic mass is 10.1. The molecular weight excluding hydrogens is 268 g/mol. The number of aliphatic hydroxyl groups excluding tert-OH is 1. The molecular formula is C12H15BrN2O. The minimum Gasteiger partial charge on any atom is -0.387 e. The van der Waals surface area contributed by atoms with Crippen LogP contribution in [-0.4, -0.2) is 15.1 Å². The van der Waals surface area contributed by atoms with Crippen LogP contribution < -0.4 is 0 Å². The van der Waals surface area contributed by atoms with E-state index in [2.05, 4.69) is 38.9 Å². The molecule has 2 unspecified atom stereocenters. The van der Waals surface area contributed by atoms with Gasteiger partial charge in [0, 0.05) is 23.0 Å². The van der Waals surface area contributed by atoms with Crippen LogP contribution in [0.25, 0.3) is 0 Å². The van der Waals surface area contributed by atoms with E-state index in [0.29, 0.717) is 0 Å². The summed E-state index contributed by atoms with van der Waals surface area (Å²) in [6.45, 7) is 3.88. The van der Waals surface area contributed by atoms with Gasteiger partial charge in [-0.05, 0) is 47.1 Å². The average Bonchev–Trinajstić information content (AvgIpc) is 2.84. The lowest BCUT2D eigenvalue weighted by Crippen LogP contribution is -1.98. The van der Waals surface area contributed by atoms with Crippen molar-refractivity contribution in [2.24, 2.45) is 0 Å². The molecule has 0 aliphatic heterocycles. The Morgan fingerprint density at radius 3 is 2.06 bits per heavy atom. The standard InChI is InChI=1S/C12H15BrN2O/c1-7(10-5-6-12(13)15-10)9-3-4-11(14-9)8(2)16/h3-8,14-16H,1-2H3. The number of aromatic nitrogens is 2. The Kier molecular flexibility index (Phi) is 3.21. The Morgan fingerprint density at radius 2 is 1.56 bits per heavy atom. The van der Waals surface area contributed by atoms with Gasteiger partial charge in [-0.2, -0.15) is 0 Å². The van der Waals surface area contributed by atoms with Gasteiger partial charge < -0.3 is 15.1 Å². The summed E-state index contributed by atoms with van der Waals surface area (Å²) in [4.78, 5) is 6.48. The first kappa shape index (κ1) is 11.5. The van der Waals surface area contributed by atoms with Crippen molar-refractivity contribution in [3.63, 3.8) is 0 Å². The molecule has 0 aliphatic rings. The summed E-state index contributed by atoms with van der Waals surface area (Å²) in [5, 5.41) is 9.45. The van der Waals surface area contributed by atoms with Crippen molar-refractivity contribution in [2.45, 2.75) is 25.9 Å². The van der Waals surface area contributed by atoms with Gasteiger partial charge >= 0.3 is 0 Å². The minimum atomic E-state index is -0.448. The van der Waals surface area contributed by atoms with Gasteiger partial charge in [-0.25, -0.2) is 0 Å². The number of rotatable bonds is 3. The Labute approximate surface area is 103 Å². The summed E-state index contributed by atoms with van der Waals surface area (Å²) >= 11 is 3.40. The van der Waals surface area contributed by atoms with Crippen LogP contribution in [-0.2, 0) is 0 Å². The topological polar surface area (TPSA) is 51.8 Å². The van der Waals surface area contributed by atoms with E-state index in [0.717, 1.165) is 21.7 Å². The van der Waals surface area contributed by atoms with E-state index >= 15 is 0 Å². The van der Waals surface area contributed by atoms with Crippen molar-refractivity contribution in [3.8, 4) is 0 Å². The Morgan fingerprint density at radius 1 is 1.00 bits per heavy atom. The maximum Gasteiger partial charge on any atom is 0.0909 e. The molecule has 0 amide bonds. The summed E-state index contributed by atoms with van der Waals surface area (Å²) in [6.07, 6.45) is -0.448. The number of hydrogen-bond donors (Lipinski definition) is 3. The third kappa shape index (κ3) is 2.23. The highest BCUT2D eigenvalue weighted by atomic mass is 79.9. The van der Waals surface area contributed by atoms with E-state index in [4.69, 9.17) is 0 Å². The van der Waals surface area contributed by atoms with Crippen molar-refractivity contribution in [3.05, 3.63) is 46.0 Å². The van der Waals surface area contributed by atoms with Crippen molar-refractivity contribution in [1.82, 2.24) is 9.97 Å². The maximum atomic E-state index is 9.45. The van der Waals surface area contributed by atoms with Crippen LogP contribution in [0, 0.1) is 0 Å². The quantitative estimate of drug-likeness (QED) is 0.795. The monoisotopic (exact) mass is 282 g/mol. The van der Waals surface area contributed by atoms with Crippen LogP contribution in [0.3, 0.4) is 0 Å². The normalized spacial score (nSPS) is 15.0. The molecule has 16 heavy (non-hydrogen) atoms. The third-order valence-corrected chi connectivity index (χ3v) is 3.25. The highest BCUT2D eigenvalue weighted by Crippen LogP contribution is 2.25. The van der Waals surface area contributed by atoms with Crippen LogP contribution >= 0.6 is 15.9 Å². The van der Waals surface area contributed by atoms with Crippen molar-refractivity contribution >= 4 is 15.9 Å². The summed E-state index contributed by atoms with van der Waals surface area (Å²) in [6, 6.07) is 7.98. The van der Waals surface area contributed by atoms with Crippen LogP contribution in [0.15, 0.2) is 28.9 Å². The molecule has 0 saturated heterocycles. The van der Waals surface area contributed by atoms with Crippen LogP contribution in [0.2, 0.25) is 0 Å². The second-order valence-electron chi connectivity index (χ2n) is 4.03. The smallest absolute Gasteiger partial charge is 0.0909 e. The molecule has 0 saturated carbocycles. The molecule has 2 atom stereocenters. The van der Waals surface area contributed by atoms with Gasteiger partial charge in [0.25, 0.3) is 0 Å². The number of H-pyrrole nitrogens is 2. The molecule has 4 heteroatoms. The Hall–Kier alpha value is -1.00. The SMILES string of the molecule is CC(O)c1ccc(C(C)c2ccc(Br)[nH]2)[nH]1. The molecule has 86 valence electrons. The second-order valence-corrected chi connectivity index (χ2v) is 4.88. The Balaban J connectivity index is 2.23. The van der Waals surface area contributed by atoms with Gasteiger partial charge in [-0.1, -0.05) is 6.92 Å². The summed E-state index contributed by atoms with van der Waals surface area (Å²) in [5.41, 5.74) is 3.10. The summed E-state index contributed by atoms with van der Waals surface area (Å²) in [7, 11) is 0. The van der Waals surface area contributed by atoms with Crippen LogP contribution in [0.1, 0.15) is 43.0 Å². The minimum absolute atomic E-state index is 0.263. The maximum absolute atomic E-state index is 9.45. The zero-order valence-corrected chi connectivity index (χ0v) is 10.9. The third-order valence-electron chi connectivity index (χ3n) is 2.79. The zero-order chi connectivity index (χ0) is 11.7. The van der Waals surface area contributed by atoms with Crippen LogP contribution in [0.4, 0.5) is 0 Å². The van der Waals surface area contributed by atoms with E-state index < -0.39 is 6.10 Å². The number of hydrogen-bond acceptors (Lipinski definition) is 1. The fourth-order valence-corrected chi connectivity index (χ4v) is 2.09. The first-order chi connectivity index (χ1) is 7.58. The van der Waals surface area contributed by atoms with Gasteiger partial charge in [-0.3, -0.25) is 0 Å². The Bertz CT molecular complexity index is 473. The van der Waals surface area contributed by atoms with E-state index in [1.807, 2.05) is 18.2 Å². The predicted molar refractivity (Wildman–Crippen MR) is 67.4 cm³/mol. The van der Waals surface area contributed by atoms with Crippen molar-refractivity contribution in [2.75, 3.05) is 0 Å². The highest BCUT2D eigenvalue weighted by molar-refractivity contribution is 9.10. The molecule has 0 bridgehead atoms. The molecule has 3 N–H and O–H groups in total. The molecule has 2 aromatic heterocycles. The van der Waals surface area contributed by atoms with E-state index in [1.54, 1.807) is 6.92 Å². The van der Waals surface area contributed by atoms with Gasteiger partial charge in [0.1, 0.15) is 0 Å². The molecule has 0 aromatic carbocycles. The predicted octanol–water partition coefficient (Wildman–Crippen LogP) is 3.31. The molecule has 0 radical (unpaired) electrons. The molecule has 0 fully saturated rings. The summed E-state index contributed by atoms with van der Waals surface area (Å²) in [5.74, 6) is 0.263. The molecule has 0 aliphatic carbocycles. The van der Waals surface area contributed by atoms with Crippen LogP contribution in [0.5, 0.6) is 0 Å². The van der Waals surface area contributed by atoms with E-state index in [-0.39, 0.29) is 5.92 Å². The van der Waals surface area contributed by atoms with Crippen molar-refractivity contribution in [1.29, 1.82) is 0 Å². The second kappa shape index (κ2) is 4.47. The van der Waals surface area contributed by atoms with Crippen molar-refractivity contribution < 1.29 is 5.11 Å². The van der Waals surface area contributed by atoms with Gasteiger partial charge in [0.15, 0.2) is 0 Å². The molecule has 2 heterocycles. The number of nitrogens with one attached hydrogen (secondary N) is 2. The van der Waals surface area contributed by atoms with Gasteiger partial charge in [0.2, 0.25) is 0 Å². The molecule has 3 nitrogen and oxygen atoms in total. The fraction of sp³-hybridized carbons (Fsp3) is 0.333. The lowest BCUT2D eigenvalue weighted by Gasteiger charge is -2.08. The number of aliphatic hydroxyl groups is 1. The summed E-state index contributed by atoms with van der Waals surface area (Å²) < 4.78 is 0.983. The molecule has 0 spiro atoms. The first-order valence-corrected chi connectivity index (χ1v) is 6.08. The molecule has 2 rings (SSSR count). The van der Waals surface area contributed by atoms with Gasteiger partial charge in [0.05, 0.1) is 10.7 Å². The van der Waals surface area contributed by atoms with E-state index in [9.17, 15) is 5.11 Å². The highest BCUT2D eigenvalue weighted by Gasteiger charge is 2.13. The van der Waals surface area contributed by atoms with Gasteiger partial charge in [-0.15, -0.1) is 0 Å².